The van der Waals surface area contributed by atoms with Crippen LogP contribution in [0.5, 0.6) is 0 Å². The van der Waals surface area contributed by atoms with Crippen molar-refractivity contribution in [3.05, 3.63) is 29.8 Å². The lowest BCUT2D eigenvalue weighted by atomic mass is 9.87. The lowest BCUT2D eigenvalue weighted by molar-refractivity contribution is -0.121. The molecule has 1 aliphatic heterocycles. The minimum absolute atomic E-state index is 0.0185. The second-order valence-corrected chi connectivity index (χ2v) is 10.3. The number of carbonyl (C=O) groups excluding carboxylic acids is 2. The van der Waals surface area contributed by atoms with Gasteiger partial charge in [-0.3, -0.25) is 9.69 Å². The van der Waals surface area contributed by atoms with Crippen LogP contribution in [-0.2, 0) is 10.2 Å². The summed E-state index contributed by atoms with van der Waals surface area (Å²) >= 11 is 0. The van der Waals surface area contributed by atoms with Gasteiger partial charge in [0.1, 0.15) is 0 Å². The van der Waals surface area contributed by atoms with E-state index in [-0.39, 0.29) is 29.4 Å². The van der Waals surface area contributed by atoms with Crippen molar-refractivity contribution in [3.8, 4) is 0 Å². The summed E-state index contributed by atoms with van der Waals surface area (Å²) in [6.45, 7) is 10.1. The number of hydrogen-bond acceptors (Lipinski definition) is 3. The maximum absolute atomic E-state index is 12.7. The Morgan fingerprint density at radius 2 is 1.45 bits per heavy atom. The molecule has 1 saturated carbocycles. The smallest absolute Gasteiger partial charge is 0.315 e. The van der Waals surface area contributed by atoms with Crippen molar-refractivity contribution in [2.24, 2.45) is 0 Å². The van der Waals surface area contributed by atoms with E-state index in [0.29, 0.717) is 6.04 Å². The van der Waals surface area contributed by atoms with Crippen molar-refractivity contribution in [1.82, 2.24) is 15.5 Å². The molecule has 6 heteroatoms. The van der Waals surface area contributed by atoms with E-state index in [2.05, 4.69) is 53.8 Å². The van der Waals surface area contributed by atoms with E-state index in [0.717, 1.165) is 44.5 Å². The van der Waals surface area contributed by atoms with Gasteiger partial charge in [0.05, 0.1) is 6.04 Å². The number of carbonyl (C=O) groups is 2. The van der Waals surface area contributed by atoms with Gasteiger partial charge >= 0.3 is 6.03 Å². The lowest BCUT2D eigenvalue weighted by Crippen LogP contribution is -2.53. The number of nitrogens with zero attached hydrogens (tertiary/aromatic N) is 1. The van der Waals surface area contributed by atoms with Crippen LogP contribution in [0, 0.1) is 0 Å². The van der Waals surface area contributed by atoms with E-state index in [1.54, 1.807) is 0 Å². The van der Waals surface area contributed by atoms with Gasteiger partial charge in [-0.25, -0.2) is 4.79 Å². The normalized spacial score (nSPS) is 20.1. The SMILES string of the molecule is CC(C(=O)Nc1ccc(C(C)(C)C)cc1)N1CCC(NC(=O)NC2CCCCC2)CC1. The highest BCUT2D eigenvalue weighted by Crippen LogP contribution is 2.24. The zero-order valence-electron chi connectivity index (χ0n) is 19.7. The highest BCUT2D eigenvalue weighted by molar-refractivity contribution is 5.94. The topological polar surface area (TPSA) is 73.5 Å². The summed E-state index contributed by atoms with van der Waals surface area (Å²) in [5.74, 6) is 0.0185. The number of benzene rings is 1. The molecule has 3 N–H and O–H groups in total. The number of rotatable bonds is 5. The standard InChI is InChI=1S/C25H40N4O2/c1-18(23(30)26-21-12-10-19(11-13-21)25(2,3)4)29-16-14-22(15-17-29)28-24(31)27-20-8-6-5-7-9-20/h10-13,18,20,22H,5-9,14-17H2,1-4H3,(H,26,30)(H2,27,28,31). The maximum atomic E-state index is 12.7. The molecule has 1 atom stereocenters. The third kappa shape index (κ3) is 6.96. The van der Waals surface area contributed by atoms with E-state index in [1.165, 1.54) is 24.8 Å². The first-order chi connectivity index (χ1) is 14.7. The van der Waals surface area contributed by atoms with Gasteiger partial charge in [0.15, 0.2) is 0 Å². The fourth-order valence-corrected chi connectivity index (χ4v) is 4.56. The highest BCUT2D eigenvalue weighted by atomic mass is 16.2. The molecule has 31 heavy (non-hydrogen) atoms. The number of likely N-dealkylation sites (tertiary alicyclic amines) is 1. The molecule has 3 rings (SSSR count). The molecular formula is C25H40N4O2. The van der Waals surface area contributed by atoms with Gasteiger partial charge in [-0.2, -0.15) is 0 Å². The van der Waals surface area contributed by atoms with Crippen LogP contribution in [0.25, 0.3) is 0 Å². The van der Waals surface area contributed by atoms with Crippen molar-refractivity contribution < 1.29 is 9.59 Å². The first kappa shape index (κ1) is 23.6. The lowest BCUT2D eigenvalue weighted by Gasteiger charge is -2.35. The molecule has 1 heterocycles. The molecule has 1 aromatic carbocycles. The van der Waals surface area contributed by atoms with E-state index in [4.69, 9.17) is 0 Å². The summed E-state index contributed by atoms with van der Waals surface area (Å²) in [6.07, 6.45) is 7.64. The van der Waals surface area contributed by atoms with Gasteiger partial charge in [0, 0.05) is 30.9 Å². The molecule has 6 nitrogen and oxygen atoms in total. The Balaban J connectivity index is 1.41. The first-order valence-electron chi connectivity index (χ1n) is 11.9. The van der Waals surface area contributed by atoms with Gasteiger partial charge in [-0.1, -0.05) is 52.2 Å². The Hall–Kier alpha value is -2.08. The Morgan fingerprint density at radius 3 is 2.00 bits per heavy atom. The monoisotopic (exact) mass is 428 g/mol. The van der Waals surface area contributed by atoms with E-state index in [9.17, 15) is 9.59 Å². The van der Waals surface area contributed by atoms with Crippen LogP contribution in [0.2, 0.25) is 0 Å². The van der Waals surface area contributed by atoms with Crippen LogP contribution >= 0.6 is 0 Å². The predicted octanol–water partition coefficient (Wildman–Crippen LogP) is 4.41. The molecule has 0 spiro atoms. The maximum Gasteiger partial charge on any atom is 0.315 e. The van der Waals surface area contributed by atoms with Crippen LogP contribution in [0.3, 0.4) is 0 Å². The zero-order valence-corrected chi connectivity index (χ0v) is 19.7. The summed E-state index contributed by atoms with van der Waals surface area (Å²) in [5, 5.41) is 9.31. The molecule has 0 aromatic heterocycles. The number of urea groups is 1. The minimum Gasteiger partial charge on any atom is -0.335 e. The van der Waals surface area contributed by atoms with Crippen molar-refractivity contribution in [3.63, 3.8) is 0 Å². The second kappa shape index (κ2) is 10.5. The van der Waals surface area contributed by atoms with E-state index in [1.807, 2.05) is 19.1 Å². The Kier molecular flexibility index (Phi) is 7.98. The average molecular weight is 429 g/mol. The molecule has 1 saturated heterocycles. The molecule has 0 radical (unpaired) electrons. The average Bonchev–Trinajstić information content (AvgIpc) is 2.74. The summed E-state index contributed by atoms with van der Waals surface area (Å²) in [4.78, 5) is 27.2. The number of hydrogen-bond donors (Lipinski definition) is 3. The third-order valence-electron chi connectivity index (χ3n) is 6.75. The van der Waals surface area contributed by atoms with Crippen LogP contribution in [-0.4, -0.2) is 48.1 Å². The molecule has 1 aliphatic carbocycles. The Bertz CT molecular complexity index is 727. The number of anilines is 1. The Morgan fingerprint density at radius 1 is 0.903 bits per heavy atom. The molecule has 1 aromatic rings. The quantitative estimate of drug-likeness (QED) is 0.650. The molecule has 1 unspecified atom stereocenters. The van der Waals surface area contributed by atoms with Crippen LogP contribution in [0.4, 0.5) is 10.5 Å². The van der Waals surface area contributed by atoms with Gasteiger partial charge in [0.25, 0.3) is 0 Å². The van der Waals surface area contributed by atoms with Crippen molar-refractivity contribution >= 4 is 17.6 Å². The van der Waals surface area contributed by atoms with Crippen molar-refractivity contribution in [2.75, 3.05) is 18.4 Å². The first-order valence-corrected chi connectivity index (χ1v) is 11.9. The van der Waals surface area contributed by atoms with E-state index < -0.39 is 0 Å². The molecule has 0 bridgehead atoms. The summed E-state index contributed by atoms with van der Waals surface area (Å²) in [5.41, 5.74) is 2.18. The molecular weight excluding hydrogens is 388 g/mol. The zero-order chi connectivity index (χ0) is 22.4. The summed E-state index contributed by atoms with van der Waals surface area (Å²) < 4.78 is 0. The number of piperidine rings is 1. The number of nitrogens with one attached hydrogen (secondary N) is 3. The van der Waals surface area contributed by atoms with Crippen LogP contribution < -0.4 is 16.0 Å². The van der Waals surface area contributed by atoms with Crippen molar-refractivity contribution in [1.29, 1.82) is 0 Å². The molecule has 2 fully saturated rings. The summed E-state index contributed by atoms with van der Waals surface area (Å²) in [6, 6.07) is 8.40. The molecule has 3 amide bonds. The van der Waals surface area contributed by atoms with Gasteiger partial charge in [-0.05, 0) is 55.7 Å². The number of amides is 3. The van der Waals surface area contributed by atoms with Gasteiger partial charge in [-0.15, -0.1) is 0 Å². The third-order valence-corrected chi connectivity index (χ3v) is 6.75. The van der Waals surface area contributed by atoms with E-state index >= 15 is 0 Å². The Labute approximate surface area is 187 Å². The molecule has 172 valence electrons. The van der Waals surface area contributed by atoms with Gasteiger partial charge in [0.2, 0.25) is 5.91 Å². The second-order valence-electron chi connectivity index (χ2n) is 10.3. The molecule has 2 aliphatic rings. The summed E-state index contributed by atoms with van der Waals surface area (Å²) in [7, 11) is 0. The largest absolute Gasteiger partial charge is 0.335 e. The van der Waals surface area contributed by atoms with Crippen LogP contribution in [0.15, 0.2) is 24.3 Å². The fourth-order valence-electron chi connectivity index (χ4n) is 4.56. The predicted molar refractivity (Wildman–Crippen MR) is 126 cm³/mol. The fraction of sp³-hybridized carbons (Fsp3) is 0.680. The minimum atomic E-state index is -0.195. The van der Waals surface area contributed by atoms with Gasteiger partial charge < -0.3 is 16.0 Å². The highest BCUT2D eigenvalue weighted by Gasteiger charge is 2.28. The van der Waals surface area contributed by atoms with Crippen LogP contribution in [0.1, 0.15) is 78.2 Å². The van der Waals surface area contributed by atoms with Crippen molar-refractivity contribution in [2.45, 2.75) is 96.2 Å².